The highest BCUT2D eigenvalue weighted by molar-refractivity contribution is 5.52. The van der Waals surface area contributed by atoms with Gasteiger partial charge >= 0.3 is 0 Å². The van der Waals surface area contributed by atoms with Crippen LogP contribution in [0.25, 0.3) is 0 Å². The largest absolute Gasteiger partial charge is 0.502 e. The van der Waals surface area contributed by atoms with Gasteiger partial charge in [0.25, 0.3) is 0 Å². The Morgan fingerprint density at radius 1 is 1.07 bits per heavy atom. The minimum absolute atomic E-state index is 0.105. The van der Waals surface area contributed by atoms with Crippen molar-refractivity contribution < 1.29 is 24.4 Å². The molecule has 0 amide bonds. The van der Waals surface area contributed by atoms with E-state index < -0.39 is 6.29 Å². The molecular formula is C10H14O5. The third kappa shape index (κ3) is 2.31. The van der Waals surface area contributed by atoms with Gasteiger partial charge in [0.2, 0.25) is 5.75 Å². The lowest BCUT2D eigenvalue weighted by Crippen LogP contribution is -2.01. The summed E-state index contributed by atoms with van der Waals surface area (Å²) in [6, 6.07) is 2.96. The van der Waals surface area contributed by atoms with E-state index in [-0.39, 0.29) is 17.2 Å². The van der Waals surface area contributed by atoms with E-state index in [4.69, 9.17) is 14.2 Å². The average molecular weight is 214 g/mol. The number of aliphatic hydroxyl groups excluding tert-OH is 1. The minimum atomic E-state index is -1.08. The number of rotatable bonds is 4. The van der Waals surface area contributed by atoms with E-state index in [9.17, 15) is 10.2 Å². The minimum Gasteiger partial charge on any atom is -0.502 e. The standard InChI is InChI=1S/C10H14O5/c1-13-7-4-6(10(12)15-3)5-8(14-2)9(7)11/h4-5,10-12H,1-3H3. The van der Waals surface area contributed by atoms with Crippen molar-refractivity contribution in [3.05, 3.63) is 17.7 Å². The molecule has 5 nitrogen and oxygen atoms in total. The topological polar surface area (TPSA) is 68.2 Å². The highest BCUT2D eigenvalue weighted by Gasteiger charge is 2.15. The van der Waals surface area contributed by atoms with Crippen LogP contribution in [0.5, 0.6) is 17.2 Å². The van der Waals surface area contributed by atoms with Gasteiger partial charge in [-0.3, -0.25) is 0 Å². The van der Waals surface area contributed by atoms with Crippen molar-refractivity contribution in [2.24, 2.45) is 0 Å². The summed E-state index contributed by atoms with van der Waals surface area (Å²) in [5.74, 6) is 0.341. The zero-order valence-electron chi connectivity index (χ0n) is 8.85. The van der Waals surface area contributed by atoms with Crippen LogP contribution >= 0.6 is 0 Å². The van der Waals surface area contributed by atoms with Crippen molar-refractivity contribution in [2.45, 2.75) is 6.29 Å². The molecule has 1 aromatic carbocycles. The Morgan fingerprint density at radius 2 is 1.53 bits per heavy atom. The third-order valence-electron chi connectivity index (χ3n) is 2.01. The van der Waals surface area contributed by atoms with Gasteiger partial charge in [0.15, 0.2) is 17.8 Å². The molecule has 0 fully saturated rings. The Morgan fingerprint density at radius 3 is 1.87 bits per heavy atom. The van der Waals surface area contributed by atoms with E-state index in [1.165, 1.54) is 33.5 Å². The van der Waals surface area contributed by atoms with Gasteiger partial charge in [0.05, 0.1) is 14.2 Å². The fourth-order valence-electron chi connectivity index (χ4n) is 1.19. The fourth-order valence-corrected chi connectivity index (χ4v) is 1.19. The van der Waals surface area contributed by atoms with Crippen molar-refractivity contribution in [3.63, 3.8) is 0 Å². The second-order valence-electron chi connectivity index (χ2n) is 2.86. The van der Waals surface area contributed by atoms with Crippen LogP contribution in [-0.4, -0.2) is 31.5 Å². The molecule has 0 saturated heterocycles. The summed E-state index contributed by atoms with van der Waals surface area (Å²) in [6.45, 7) is 0. The van der Waals surface area contributed by atoms with Crippen LogP contribution < -0.4 is 9.47 Å². The van der Waals surface area contributed by atoms with Gasteiger partial charge < -0.3 is 24.4 Å². The Kier molecular flexibility index (Phi) is 3.76. The average Bonchev–Trinajstić information content (AvgIpc) is 2.28. The molecule has 0 heterocycles. The van der Waals surface area contributed by atoms with Crippen LogP contribution in [0.1, 0.15) is 11.9 Å². The molecule has 0 spiro atoms. The number of ether oxygens (including phenoxy) is 3. The first-order chi connectivity index (χ1) is 7.13. The highest BCUT2D eigenvalue weighted by Crippen LogP contribution is 2.38. The lowest BCUT2D eigenvalue weighted by molar-refractivity contribution is -0.0771. The first kappa shape index (κ1) is 11.6. The zero-order valence-corrected chi connectivity index (χ0v) is 8.85. The van der Waals surface area contributed by atoms with Crippen LogP contribution in [0, 0.1) is 0 Å². The van der Waals surface area contributed by atoms with Crippen molar-refractivity contribution in [3.8, 4) is 17.2 Å². The molecule has 0 bridgehead atoms. The molecular weight excluding hydrogens is 200 g/mol. The first-order valence-electron chi connectivity index (χ1n) is 4.29. The Bertz CT molecular complexity index is 312. The van der Waals surface area contributed by atoms with E-state index in [0.29, 0.717) is 5.56 Å². The smallest absolute Gasteiger partial charge is 0.200 e. The first-order valence-corrected chi connectivity index (χ1v) is 4.29. The quantitative estimate of drug-likeness (QED) is 0.733. The normalized spacial score (nSPS) is 12.3. The molecule has 1 unspecified atom stereocenters. The van der Waals surface area contributed by atoms with E-state index in [2.05, 4.69) is 0 Å². The molecule has 1 atom stereocenters. The molecule has 0 aliphatic carbocycles. The van der Waals surface area contributed by atoms with Gasteiger partial charge in [-0.25, -0.2) is 0 Å². The molecule has 2 N–H and O–H groups in total. The second-order valence-corrected chi connectivity index (χ2v) is 2.86. The molecule has 5 heteroatoms. The van der Waals surface area contributed by atoms with Crippen LogP contribution in [0.4, 0.5) is 0 Å². The van der Waals surface area contributed by atoms with Crippen molar-refractivity contribution >= 4 is 0 Å². The van der Waals surface area contributed by atoms with Gasteiger partial charge in [0.1, 0.15) is 0 Å². The SMILES string of the molecule is COc1cc(C(O)OC)cc(OC)c1O. The van der Waals surface area contributed by atoms with Gasteiger partial charge in [-0.2, -0.15) is 0 Å². The zero-order chi connectivity index (χ0) is 11.4. The molecule has 0 radical (unpaired) electrons. The number of phenols is 1. The van der Waals surface area contributed by atoms with Crippen LogP contribution in [-0.2, 0) is 4.74 Å². The molecule has 1 aromatic rings. The summed E-state index contributed by atoms with van der Waals surface area (Å²) in [5, 5.41) is 19.0. The molecule has 0 aliphatic heterocycles. The maximum absolute atomic E-state index is 9.60. The predicted molar refractivity (Wildman–Crippen MR) is 53.2 cm³/mol. The summed E-state index contributed by atoms with van der Waals surface area (Å²) in [4.78, 5) is 0. The molecule has 0 aliphatic rings. The van der Waals surface area contributed by atoms with Gasteiger partial charge in [0, 0.05) is 12.7 Å². The summed E-state index contributed by atoms with van der Waals surface area (Å²) < 4.78 is 14.6. The fraction of sp³-hybridized carbons (Fsp3) is 0.400. The summed E-state index contributed by atoms with van der Waals surface area (Å²) >= 11 is 0. The Labute approximate surface area is 87.8 Å². The molecule has 0 aromatic heterocycles. The van der Waals surface area contributed by atoms with Crippen molar-refractivity contribution in [1.82, 2.24) is 0 Å². The summed E-state index contributed by atoms with van der Waals surface area (Å²) in [5.41, 5.74) is 0.448. The third-order valence-corrected chi connectivity index (χ3v) is 2.01. The predicted octanol–water partition coefficient (Wildman–Crippen LogP) is 1.05. The van der Waals surface area contributed by atoms with Crippen LogP contribution in [0.3, 0.4) is 0 Å². The number of aliphatic hydroxyl groups is 1. The summed E-state index contributed by atoms with van der Waals surface area (Å²) in [7, 11) is 4.20. The van der Waals surface area contributed by atoms with E-state index in [0.717, 1.165) is 0 Å². The Hall–Kier alpha value is -1.46. The van der Waals surface area contributed by atoms with Crippen molar-refractivity contribution in [2.75, 3.05) is 21.3 Å². The van der Waals surface area contributed by atoms with E-state index >= 15 is 0 Å². The van der Waals surface area contributed by atoms with Crippen LogP contribution in [0.2, 0.25) is 0 Å². The maximum Gasteiger partial charge on any atom is 0.200 e. The van der Waals surface area contributed by atoms with Gasteiger partial charge in [-0.15, -0.1) is 0 Å². The molecule has 15 heavy (non-hydrogen) atoms. The Balaban J connectivity index is 3.20. The van der Waals surface area contributed by atoms with Gasteiger partial charge in [-0.05, 0) is 12.1 Å². The van der Waals surface area contributed by atoms with Crippen molar-refractivity contribution in [1.29, 1.82) is 0 Å². The lowest BCUT2D eigenvalue weighted by atomic mass is 10.1. The number of hydrogen-bond donors (Lipinski definition) is 2. The lowest BCUT2D eigenvalue weighted by Gasteiger charge is -2.13. The summed E-state index contributed by atoms with van der Waals surface area (Å²) in [6.07, 6.45) is -1.08. The van der Waals surface area contributed by atoms with E-state index in [1.54, 1.807) is 0 Å². The second kappa shape index (κ2) is 4.86. The number of aromatic hydroxyl groups is 1. The number of phenolic OH excluding ortho intramolecular Hbond substituents is 1. The number of methoxy groups -OCH3 is 3. The van der Waals surface area contributed by atoms with Gasteiger partial charge in [-0.1, -0.05) is 0 Å². The van der Waals surface area contributed by atoms with Crippen LogP contribution in [0.15, 0.2) is 12.1 Å². The molecule has 84 valence electrons. The molecule has 1 rings (SSSR count). The molecule has 0 saturated carbocycles. The van der Waals surface area contributed by atoms with E-state index in [1.807, 2.05) is 0 Å². The number of benzene rings is 1. The monoisotopic (exact) mass is 214 g/mol. The maximum atomic E-state index is 9.60. The highest BCUT2D eigenvalue weighted by atomic mass is 16.6. The number of hydrogen-bond acceptors (Lipinski definition) is 5.